The number of sulfonamides is 1. The molecule has 1 aromatic rings. The van der Waals surface area contributed by atoms with E-state index in [-0.39, 0.29) is 17.0 Å². The molecule has 0 bridgehead atoms. The van der Waals surface area contributed by atoms with Crippen molar-refractivity contribution in [1.29, 1.82) is 0 Å². The van der Waals surface area contributed by atoms with E-state index in [0.29, 0.717) is 28.6 Å². The van der Waals surface area contributed by atoms with Crippen molar-refractivity contribution in [2.45, 2.75) is 36.8 Å². The number of hydrogen-bond acceptors (Lipinski definition) is 4. The van der Waals surface area contributed by atoms with Gasteiger partial charge in [0.05, 0.1) is 11.0 Å². The van der Waals surface area contributed by atoms with Crippen LogP contribution in [0, 0.1) is 6.92 Å². The molecule has 0 saturated heterocycles. The molecule has 19 heavy (non-hydrogen) atoms. The first-order chi connectivity index (χ1) is 8.83. The lowest BCUT2D eigenvalue weighted by atomic mass is 9.90. The maximum absolute atomic E-state index is 12.3. The van der Waals surface area contributed by atoms with Gasteiger partial charge in [-0.3, -0.25) is 0 Å². The van der Waals surface area contributed by atoms with Gasteiger partial charge < -0.3 is 10.5 Å². The summed E-state index contributed by atoms with van der Waals surface area (Å²) in [5.41, 5.74) is 6.82. The molecule has 1 aromatic carbocycles. The highest BCUT2D eigenvalue weighted by atomic mass is 79.9. The lowest BCUT2D eigenvalue weighted by molar-refractivity contribution is 0.0236. The average Bonchev–Trinajstić information content (AvgIpc) is 2.27. The predicted molar refractivity (Wildman–Crippen MR) is 77.4 cm³/mol. The number of benzene rings is 1. The molecule has 0 amide bonds. The van der Waals surface area contributed by atoms with Crippen molar-refractivity contribution >= 4 is 31.6 Å². The first-order valence-electron chi connectivity index (χ1n) is 5.94. The molecule has 1 aliphatic carbocycles. The quantitative estimate of drug-likeness (QED) is 0.812. The highest BCUT2D eigenvalue weighted by Crippen LogP contribution is 2.29. The fourth-order valence-corrected chi connectivity index (χ4v) is 4.08. The number of nitrogens with one attached hydrogen (secondary N) is 1. The van der Waals surface area contributed by atoms with Gasteiger partial charge in [0, 0.05) is 23.3 Å². The Balaban J connectivity index is 2.18. The van der Waals surface area contributed by atoms with Crippen LogP contribution >= 0.6 is 15.9 Å². The van der Waals surface area contributed by atoms with Gasteiger partial charge in [0.2, 0.25) is 10.0 Å². The first kappa shape index (κ1) is 14.8. The maximum atomic E-state index is 12.3. The number of nitrogens with two attached hydrogens (primary N) is 1. The monoisotopic (exact) mass is 348 g/mol. The highest BCUT2D eigenvalue weighted by molar-refractivity contribution is 9.10. The number of ether oxygens (including phenoxy) is 1. The molecule has 3 N–H and O–H groups in total. The third-order valence-electron chi connectivity index (χ3n) is 3.33. The molecule has 106 valence electrons. The molecule has 0 aromatic heterocycles. The molecule has 1 aliphatic rings. The largest absolute Gasteiger partial charge is 0.398 e. The predicted octanol–water partition coefficient (Wildman–Crippen LogP) is 1.80. The van der Waals surface area contributed by atoms with Gasteiger partial charge in [-0.05, 0) is 53.4 Å². The molecule has 1 fully saturated rings. The van der Waals surface area contributed by atoms with Crippen LogP contribution in [0.4, 0.5) is 5.69 Å². The molecule has 0 radical (unpaired) electrons. The van der Waals surface area contributed by atoms with Crippen LogP contribution in [0.25, 0.3) is 0 Å². The number of nitrogen functional groups attached to an aromatic ring is 1. The van der Waals surface area contributed by atoms with Crippen molar-refractivity contribution in [2.24, 2.45) is 0 Å². The van der Waals surface area contributed by atoms with Crippen LogP contribution in [0.5, 0.6) is 0 Å². The van der Waals surface area contributed by atoms with E-state index in [9.17, 15) is 8.42 Å². The van der Waals surface area contributed by atoms with E-state index in [4.69, 9.17) is 10.5 Å². The fourth-order valence-electron chi connectivity index (χ4n) is 2.10. The Morgan fingerprint density at radius 2 is 2.05 bits per heavy atom. The van der Waals surface area contributed by atoms with Gasteiger partial charge in [0.25, 0.3) is 0 Å². The molecular weight excluding hydrogens is 332 g/mol. The third kappa shape index (κ3) is 3.10. The Morgan fingerprint density at radius 1 is 1.42 bits per heavy atom. The second kappa shape index (κ2) is 5.40. The Morgan fingerprint density at radius 3 is 2.63 bits per heavy atom. The van der Waals surface area contributed by atoms with Crippen LogP contribution < -0.4 is 10.5 Å². The second-order valence-corrected chi connectivity index (χ2v) is 7.32. The standard InChI is InChI=1S/C12H17BrN2O3S/c1-7-3-10(13)11(14)6-12(7)19(16,17)15-8-4-9(5-8)18-2/h3,6,8-9,15H,4-5,14H2,1-2H3. The van der Waals surface area contributed by atoms with Gasteiger partial charge in [-0.15, -0.1) is 0 Å². The van der Waals surface area contributed by atoms with E-state index in [1.165, 1.54) is 6.07 Å². The molecule has 0 unspecified atom stereocenters. The lowest BCUT2D eigenvalue weighted by Crippen LogP contribution is -2.47. The number of halogens is 1. The number of hydrogen-bond donors (Lipinski definition) is 2. The minimum atomic E-state index is -3.53. The van der Waals surface area contributed by atoms with Crippen molar-refractivity contribution in [1.82, 2.24) is 4.72 Å². The van der Waals surface area contributed by atoms with Crippen molar-refractivity contribution < 1.29 is 13.2 Å². The molecule has 0 spiro atoms. The minimum absolute atomic E-state index is 0.0563. The van der Waals surface area contributed by atoms with Crippen LogP contribution in [0.15, 0.2) is 21.5 Å². The summed E-state index contributed by atoms with van der Waals surface area (Å²) >= 11 is 3.28. The van der Waals surface area contributed by atoms with Gasteiger partial charge in [-0.2, -0.15) is 0 Å². The Bertz CT molecular complexity index is 583. The molecule has 0 aliphatic heterocycles. The average molecular weight is 349 g/mol. The Kier molecular flexibility index (Phi) is 4.20. The molecule has 2 rings (SSSR count). The maximum Gasteiger partial charge on any atom is 0.241 e. The van der Waals surface area contributed by atoms with Gasteiger partial charge in [0.1, 0.15) is 0 Å². The summed E-state index contributed by atoms with van der Waals surface area (Å²) in [4.78, 5) is 0.231. The zero-order valence-electron chi connectivity index (χ0n) is 10.8. The number of methoxy groups -OCH3 is 1. The summed E-state index contributed by atoms with van der Waals surface area (Å²) in [6.45, 7) is 1.75. The Hall–Kier alpha value is -0.630. The summed E-state index contributed by atoms with van der Waals surface area (Å²) < 4.78 is 33.1. The van der Waals surface area contributed by atoms with Gasteiger partial charge >= 0.3 is 0 Å². The van der Waals surface area contributed by atoms with E-state index >= 15 is 0 Å². The molecule has 0 heterocycles. The van der Waals surface area contributed by atoms with Gasteiger partial charge in [-0.1, -0.05) is 0 Å². The van der Waals surface area contributed by atoms with E-state index < -0.39 is 10.0 Å². The zero-order valence-corrected chi connectivity index (χ0v) is 13.2. The van der Waals surface area contributed by atoms with Crippen LogP contribution in [-0.2, 0) is 14.8 Å². The van der Waals surface area contributed by atoms with Gasteiger partial charge in [-0.25, -0.2) is 13.1 Å². The molecular formula is C12H17BrN2O3S. The lowest BCUT2D eigenvalue weighted by Gasteiger charge is -2.34. The summed E-state index contributed by atoms with van der Waals surface area (Å²) in [5, 5.41) is 0. The molecule has 7 heteroatoms. The van der Waals surface area contributed by atoms with E-state index in [2.05, 4.69) is 20.7 Å². The third-order valence-corrected chi connectivity index (χ3v) is 5.68. The summed E-state index contributed by atoms with van der Waals surface area (Å²) in [5.74, 6) is 0. The fraction of sp³-hybridized carbons (Fsp3) is 0.500. The van der Waals surface area contributed by atoms with Crippen LogP contribution in [0.3, 0.4) is 0 Å². The van der Waals surface area contributed by atoms with Crippen molar-refractivity contribution in [3.63, 3.8) is 0 Å². The zero-order chi connectivity index (χ0) is 14.2. The normalized spacial score (nSPS) is 23.1. The number of anilines is 1. The minimum Gasteiger partial charge on any atom is -0.398 e. The van der Waals surface area contributed by atoms with Crippen LogP contribution in [0.2, 0.25) is 0 Å². The Labute approximate surface area is 121 Å². The van der Waals surface area contributed by atoms with E-state index in [0.717, 1.165) is 0 Å². The first-order valence-corrected chi connectivity index (χ1v) is 8.22. The van der Waals surface area contributed by atoms with Crippen LogP contribution in [0.1, 0.15) is 18.4 Å². The van der Waals surface area contributed by atoms with Gasteiger partial charge in [0.15, 0.2) is 0 Å². The highest BCUT2D eigenvalue weighted by Gasteiger charge is 2.33. The van der Waals surface area contributed by atoms with Crippen molar-refractivity contribution in [3.8, 4) is 0 Å². The van der Waals surface area contributed by atoms with Crippen molar-refractivity contribution in [3.05, 3.63) is 22.2 Å². The van der Waals surface area contributed by atoms with Crippen molar-refractivity contribution in [2.75, 3.05) is 12.8 Å². The topological polar surface area (TPSA) is 81.4 Å². The van der Waals surface area contributed by atoms with Crippen LogP contribution in [-0.4, -0.2) is 27.7 Å². The molecule has 5 nitrogen and oxygen atoms in total. The SMILES string of the molecule is COC1CC(NS(=O)(=O)c2cc(N)c(Br)cc2C)C1. The smallest absolute Gasteiger partial charge is 0.241 e. The van der Waals surface area contributed by atoms with E-state index in [1.807, 2.05) is 0 Å². The molecule has 1 saturated carbocycles. The molecule has 0 atom stereocenters. The number of rotatable bonds is 4. The summed E-state index contributed by atoms with van der Waals surface area (Å²) in [6, 6.07) is 3.14. The van der Waals surface area contributed by atoms with E-state index in [1.54, 1.807) is 20.1 Å². The summed E-state index contributed by atoms with van der Waals surface area (Å²) in [7, 11) is -1.89. The summed E-state index contributed by atoms with van der Waals surface area (Å²) in [6.07, 6.45) is 1.57. The number of aryl methyl sites for hydroxylation is 1. The second-order valence-electron chi connectivity index (χ2n) is 4.79.